The Hall–Kier alpha value is -2.66. The van der Waals surface area contributed by atoms with Crippen LogP contribution in [0, 0.1) is 13.8 Å². The summed E-state index contributed by atoms with van der Waals surface area (Å²) in [5.41, 5.74) is 4.13. The summed E-state index contributed by atoms with van der Waals surface area (Å²) in [7, 11) is 0. The summed E-state index contributed by atoms with van der Waals surface area (Å²) in [6.45, 7) is 6.13. The number of hydrogen-bond donors (Lipinski definition) is 1. The van der Waals surface area contributed by atoms with Gasteiger partial charge in [-0.05, 0) is 50.1 Å². The van der Waals surface area contributed by atoms with Crippen molar-refractivity contribution < 1.29 is 9.53 Å². The number of aromatic nitrogens is 2. The van der Waals surface area contributed by atoms with E-state index in [2.05, 4.69) is 15.3 Å². The van der Waals surface area contributed by atoms with Crippen LogP contribution >= 0.6 is 11.6 Å². The number of carbonyl (C=O) groups excluding carboxylic acids is 1. The number of hydrogen-bond acceptors (Lipinski definition) is 5. The molecule has 0 spiro atoms. The number of halogens is 1. The van der Waals surface area contributed by atoms with Crippen molar-refractivity contribution in [2.24, 2.45) is 0 Å². The number of ether oxygens (including phenoxy) is 1. The maximum atomic E-state index is 12.5. The number of nitrogens with one attached hydrogen (secondary N) is 1. The number of rotatable bonds is 5. The second-order valence-corrected chi connectivity index (χ2v) is 6.45. The quantitative estimate of drug-likeness (QED) is 0.625. The second-order valence-electron chi connectivity index (χ2n) is 6.04. The zero-order valence-corrected chi connectivity index (χ0v) is 15.7. The lowest BCUT2D eigenvalue weighted by molar-refractivity contribution is 0.0506. The van der Waals surface area contributed by atoms with Crippen molar-refractivity contribution in [2.45, 2.75) is 27.2 Å². The largest absolute Gasteiger partial charge is 0.462 e. The number of carbonyl (C=O) groups is 1. The maximum Gasteiger partial charge on any atom is 0.341 e. The van der Waals surface area contributed by atoms with E-state index in [1.807, 2.05) is 51.1 Å². The first-order chi connectivity index (χ1) is 12.5. The zero-order valence-electron chi connectivity index (χ0n) is 15.0. The molecule has 26 heavy (non-hydrogen) atoms. The van der Waals surface area contributed by atoms with Gasteiger partial charge in [0.25, 0.3) is 0 Å². The first kappa shape index (κ1) is 18.1. The van der Waals surface area contributed by atoms with Crippen LogP contribution in [0.4, 0.5) is 11.4 Å². The Bertz CT molecular complexity index is 973. The Morgan fingerprint density at radius 3 is 2.81 bits per heavy atom. The van der Waals surface area contributed by atoms with Gasteiger partial charge in [0.05, 0.1) is 12.3 Å². The summed E-state index contributed by atoms with van der Waals surface area (Å²) >= 11 is 6.23. The topological polar surface area (TPSA) is 64.1 Å². The Labute approximate surface area is 157 Å². The molecule has 2 aromatic heterocycles. The number of benzene rings is 1. The molecule has 3 rings (SSSR count). The molecule has 2 heterocycles. The van der Waals surface area contributed by atoms with Crippen molar-refractivity contribution in [2.75, 3.05) is 11.9 Å². The van der Waals surface area contributed by atoms with Crippen LogP contribution < -0.4 is 5.32 Å². The molecular formula is C20H20ClN3O2. The molecule has 3 aromatic rings. The lowest BCUT2D eigenvalue weighted by atomic mass is 10.1. The fourth-order valence-corrected chi connectivity index (χ4v) is 2.79. The molecule has 0 atom stereocenters. The SMILES string of the molecule is CCCOC(=O)c1cnc2nc(C)ccc2c1Nc1cccc(Cl)c1C. The van der Waals surface area contributed by atoms with Crippen molar-refractivity contribution in [3.05, 3.63) is 58.4 Å². The summed E-state index contributed by atoms with van der Waals surface area (Å²) in [6, 6.07) is 9.40. The minimum absolute atomic E-state index is 0.360. The highest BCUT2D eigenvalue weighted by atomic mass is 35.5. The monoisotopic (exact) mass is 369 g/mol. The molecule has 0 unspecified atom stereocenters. The summed E-state index contributed by atoms with van der Waals surface area (Å²) in [5.74, 6) is -0.413. The number of pyridine rings is 2. The van der Waals surface area contributed by atoms with Gasteiger partial charge in [-0.3, -0.25) is 0 Å². The number of anilines is 2. The van der Waals surface area contributed by atoms with Crippen molar-refractivity contribution >= 4 is 40.0 Å². The molecule has 0 aliphatic carbocycles. The lowest BCUT2D eigenvalue weighted by Crippen LogP contribution is -2.10. The van der Waals surface area contributed by atoms with Crippen LogP contribution in [0.25, 0.3) is 11.0 Å². The third-order valence-corrected chi connectivity index (χ3v) is 4.46. The Morgan fingerprint density at radius 2 is 2.04 bits per heavy atom. The van der Waals surface area contributed by atoms with E-state index in [-0.39, 0.29) is 0 Å². The van der Waals surface area contributed by atoms with Gasteiger partial charge in [-0.1, -0.05) is 24.6 Å². The number of aryl methyl sites for hydroxylation is 1. The highest BCUT2D eigenvalue weighted by Crippen LogP contribution is 2.32. The first-order valence-corrected chi connectivity index (χ1v) is 8.84. The molecule has 134 valence electrons. The highest BCUT2D eigenvalue weighted by Gasteiger charge is 2.18. The Balaban J connectivity index is 2.15. The smallest absolute Gasteiger partial charge is 0.341 e. The molecule has 0 aliphatic rings. The molecule has 0 saturated heterocycles. The van der Waals surface area contributed by atoms with Gasteiger partial charge in [-0.25, -0.2) is 14.8 Å². The van der Waals surface area contributed by atoms with E-state index >= 15 is 0 Å². The minimum Gasteiger partial charge on any atom is -0.462 e. The fourth-order valence-electron chi connectivity index (χ4n) is 2.61. The Kier molecular flexibility index (Phi) is 5.38. The number of nitrogens with zero attached hydrogens (tertiary/aromatic N) is 2. The van der Waals surface area contributed by atoms with Crippen LogP contribution in [0.15, 0.2) is 36.5 Å². The van der Waals surface area contributed by atoms with Gasteiger partial charge in [0.1, 0.15) is 5.56 Å². The normalized spacial score (nSPS) is 10.8. The van der Waals surface area contributed by atoms with E-state index in [1.54, 1.807) is 0 Å². The lowest BCUT2D eigenvalue weighted by Gasteiger charge is -2.16. The second kappa shape index (κ2) is 7.70. The van der Waals surface area contributed by atoms with E-state index in [4.69, 9.17) is 16.3 Å². The van der Waals surface area contributed by atoms with E-state index < -0.39 is 5.97 Å². The van der Waals surface area contributed by atoms with Gasteiger partial charge in [0.15, 0.2) is 5.65 Å². The maximum absolute atomic E-state index is 12.5. The van der Waals surface area contributed by atoms with Crippen LogP contribution in [0.2, 0.25) is 5.02 Å². The van der Waals surface area contributed by atoms with E-state index in [0.717, 1.165) is 28.8 Å². The molecule has 5 nitrogen and oxygen atoms in total. The summed E-state index contributed by atoms with van der Waals surface area (Å²) in [5, 5.41) is 4.74. The van der Waals surface area contributed by atoms with E-state index in [1.165, 1.54) is 6.20 Å². The predicted octanol–water partition coefficient (Wildman–Crippen LogP) is 5.21. The van der Waals surface area contributed by atoms with Crippen LogP contribution in [0.3, 0.4) is 0 Å². The van der Waals surface area contributed by atoms with Crippen LogP contribution in [-0.2, 0) is 4.74 Å². The molecular weight excluding hydrogens is 350 g/mol. The number of esters is 1. The van der Waals surface area contributed by atoms with E-state index in [9.17, 15) is 4.79 Å². The molecule has 1 N–H and O–H groups in total. The van der Waals surface area contributed by atoms with Crippen molar-refractivity contribution in [1.29, 1.82) is 0 Å². The van der Waals surface area contributed by atoms with E-state index in [0.29, 0.717) is 28.5 Å². The third kappa shape index (κ3) is 3.63. The standard InChI is InChI=1S/C20H20ClN3O2/c1-4-10-26-20(25)15-11-22-19-14(9-8-12(2)23-19)18(15)24-17-7-5-6-16(21)13(17)3/h5-9,11H,4,10H2,1-3H3,(H,22,23,24). The molecule has 1 aromatic carbocycles. The number of fused-ring (bicyclic) bond motifs is 1. The highest BCUT2D eigenvalue weighted by molar-refractivity contribution is 6.31. The van der Waals surface area contributed by atoms with Crippen molar-refractivity contribution in [1.82, 2.24) is 9.97 Å². The van der Waals surface area contributed by atoms with Gasteiger partial charge in [-0.2, -0.15) is 0 Å². The van der Waals surface area contributed by atoms with Crippen LogP contribution in [0.1, 0.15) is 35.0 Å². The van der Waals surface area contributed by atoms with Gasteiger partial charge in [0, 0.05) is 28.0 Å². The minimum atomic E-state index is -0.413. The molecule has 0 radical (unpaired) electrons. The molecule has 6 heteroatoms. The average molecular weight is 370 g/mol. The fraction of sp³-hybridized carbons (Fsp3) is 0.250. The van der Waals surface area contributed by atoms with Crippen LogP contribution in [-0.4, -0.2) is 22.5 Å². The van der Waals surface area contributed by atoms with Crippen LogP contribution in [0.5, 0.6) is 0 Å². The predicted molar refractivity (Wildman–Crippen MR) is 104 cm³/mol. The molecule has 0 bridgehead atoms. The van der Waals surface area contributed by atoms with Gasteiger partial charge in [-0.15, -0.1) is 0 Å². The third-order valence-electron chi connectivity index (χ3n) is 4.05. The summed E-state index contributed by atoms with van der Waals surface area (Å²) in [6.07, 6.45) is 2.26. The summed E-state index contributed by atoms with van der Waals surface area (Å²) < 4.78 is 5.32. The average Bonchev–Trinajstić information content (AvgIpc) is 2.63. The first-order valence-electron chi connectivity index (χ1n) is 8.47. The molecule has 0 saturated carbocycles. The molecule has 0 aliphatic heterocycles. The summed E-state index contributed by atoms with van der Waals surface area (Å²) in [4.78, 5) is 21.3. The molecule has 0 amide bonds. The van der Waals surface area contributed by atoms with Gasteiger partial charge in [0.2, 0.25) is 0 Å². The van der Waals surface area contributed by atoms with Gasteiger partial charge < -0.3 is 10.1 Å². The van der Waals surface area contributed by atoms with Gasteiger partial charge >= 0.3 is 5.97 Å². The Morgan fingerprint density at radius 1 is 1.23 bits per heavy atom. The van der Waals surface area contributed by atoms with Crippen molar-refractivity contribution in [3.8, 4) is 0 Å². The zero-order chi connectivity index (χ0) is 18.7. The molecule has 0 fully saturated rings. The van der Waals surface area contributed by atoms with Crippen molar-refractivity contribution in [3.63, 3.8) is 0 Å².